The zero-order chi connectivity index (χ0) is 24.5. The number of piperidine rings is 1. The topological polar surface area (TPSA) is 79.5 Å². The molecule has 0 aromatic heterocycles. The monoisotopic (exact) mass is 475 g/mol. The van der Waals surface area contributed by atoms with Crippen molar-refractivity contribution in [3.63, 3.8) is 0 Å². The lowest BCUT2D eigenvalue weighted by atomic mass is 9.76. The largest absolute Gasteiger partial charge is 0.413 e. The Morgan fingerprint density at radius 3 is 2.58 bits per heavy atom. The molecule has 3 N–H and O–H groups in total. The summed E-state index contributed by atoms with van der Waals surface area (Å²) in [4.78, 5) is 25.6. The summed E-state index contributed by atoms with van der Waals surface area (Å²) < 4.78 is 75.5. The first kappa shape index (κ1) is 25.1. The van der Waals surface area contributed by atoms with E-state index in [1.54, 1.807) is 6.92 Å². The lowest BCUT2D eigenvalue weighted by Crippen LogP contribution is -2.61. The molecule has 0 saturated carbocycles. The molecule has 33 heavy (non-hydrogen) atoms. The third kappa shape index (κ3) is 5.19. The van der Waals surface area contributed by atoms with E-state index in [0.29, 0.717) is 12.6 Å². The minimum absolute atomic E-state index is 0.0389. The smallest absolute Gasteiger partial charge is 0.363 e. The second kappa shape index (κ2) is 9.76. The molecule has 6 nitrogen and oxygen atoms in total. The molecule has 1 aromatic rings. The van der Waals surface area contributed by atoms with Crippen molar-refractivity contribution >= 4 is 11.8 Å². The van der Waals surface area contributed by atoms with Gasteiger partial charge in [-0.05, 0) is 39.8 Å². The summed E-state index contributed by atoms with van der Waals surface area (Å²) in [5.74, 6) is -6.29. The highest BCUT2D eigenvalue weighted by molar-refractivity contribution is 6.02. The SMILES string of the molecule is CCOC1NCCC2NC(=O)C([C@H](C)C(=O)N[C@@H](C)c3ccc(F)cc3F)=C(C(F)(F)F)C21. The Kier molecular flexibility index (Phi) is 7.42. The summed E-state index contributed by atoms with van der Waals surface area (Å²) in [6.07, 6.45) is -5.59. The highest BCUT2D eigenvalue weighted by Gasteiger charge is 2.53. The molecule has 0 spiro atoms. The summed E-state index contributed by atoms with van der Waals surface area (Å²) >= 11 is 0. The number of amides is 2. The van der Waals surface area contributed by atoms with Gasteiger partial charge in [0.1, 0.15) is 17.9 Å². The van der Waals surface area contributed by atoms with E-state index < -0.39 is 70.9 Å². The number of nitrogens with one attached hydrogen (secondary N) is 3. The normalized spacial score (nSPS) is 25.2. The summed E-state index contributed by atoms with van der Waals surface area (Å²) in [5, 5.41) is 7.93. The molecule has 0 aliphatic carbocycles. The summed E-state index contributed by atoms with van der Waals surface area (Å²) in [5.41, 5.74) is -1.82. The van der Waals surface area contributed by atoms with Gasteiger partial charge in [-0.15, -0.1) is 0 Å². The molecule has 2 aliphatic rings. The number of rotatable bonds is 6. The van der Waals surface area contributed by atoms with Gasteiger partial charge in [-0.25, -0.2) is 8.78 Å². The molecule has 2 heterocycles. The van der Waals surface area contributed by atoms with E-state index in [1.807, 2.05) is 0 Å². The molecule has 5 atom stereocenters. The van der Waals surface area contributed by atoms with Crippen molar-refractivity contribution in [2.45, 2.75) is 51.7 Å². The van der Waals surface area contributed by atoms with E-state index in [0.717, 1.165) is 12.1 Å². The Hall–Kier alpha value is -2.53. The fraction of sp³-hybridized carbons (Fsp3) is 0.545. The van der Waals surface area contributed by atoms with Gasteiger partial charge in [0, 0.05) is 35.8 Å². The number of fused-ring (bicyclic) bond motifs is 1. The summed E-state index contributed by atoms with van der Waals surface area (Å²) in [6.45, 7) is 4.77. The van der Waals surface area contributed by atoms with Crippen LogP contribution in [0, 0.1) is 23.5 Å². The molecule has 1 fully saturated rings. The van der Waals surface area contributed by atoms with Crippen LogP contribution in [-0.4, -0.2) is 43.4 Å². The number of carbonyl (C=O) groups is 2. The van der Waals surface area contributed by atoms with Gasteiger partial charge in [-0.1, -0.05) is 6.07 Å². The van der Waals surface area contributed by atoms with Crippen LogP contribution in [0.5, 0.6) is 0 Å². The van der Waals surface area contributed by atoms with Gasteiger partial charge in [-0.3, -0.25) is 14.9 Å². The fourth-order valence-corrected chi connectivity index (χ4v) is 4.47. The van der Waals surface area contributed by atoms with Crippen molar-refractivity contribution in [3.05, 3.63) is 46.5 Å². The molecule has 3 rings (SSSR count). The quantitative estimate of drug-likeness (QED) is 0.553. The lowest BCUT2D eigenvalue weighted by molar-refractivity contribution is -0.137. The van der Waals surface area contributed by atoms with Gasteiger partial charge < -0.3 is 15.4 Å². The third-order valence-corrected chi connectivity index (χ3v) is 6.01. The van der Waals surface area contributed by atoms with Crippen LogP contribution in [0.15, 0.2) is 29.3 Å². The van der Waals surface area contributed by atoms with Crippen molar-refractivity contribution in [3.8, 4) is 0 Å². The molecular formula is C22H26F5N3O3. The molecule has 1 saturated heterocycles. The van der Waals surface area contributed by atoms with Crippen molar-refractivity contribution in [2.75, 3.05) is 13.2 Å². The van der Waals surface area contributed by atoms with Gasteiger partial charge in [0.2, 0.25) is 11.8 Å². The average molecular weight is 475 g/mol. The molecule has 0 bridgehead atoms. The van der Waals surface area contributed by atoms with Crippen molar-refractivity contribution in [1.82, 2.24) is 16.0 Å². The predicted octanol–water partition coefficient (Wildman–Crippen LogP) is 3.11. The Balaban J connectivity index is 1.96. The Labute approximate surface area is 187 Å². The molecule has 3 unspecified atom stereocenters. The number of halogens is 5. The maximum absolute atomic E-state index is 14.3. The van der Waals surface area contributed by atoms with Crippen LogP contribution in [0.2, 0.25) is 0 Å². The van der Waals surface area contributed by atoms with Crippen LogP contribution in [0.4, 0.5) is 22.0 Å². The molecular weight excluding hydrogens is 449 g/mol. The van der Waals surface area contributed by atoms with Crippen LogP contribution >= 0.6 is 0 Å². The van der Waals surface area contributed by atoms with Gasteiger partial charge in [0.25, 0.3) is 0 Å². The number of ether oxygens (including phenoxy) is 1. The molecule has 182 valence electrons. The number of benzene rings is 1. The van der Waals surface area contributed by atoms with Crippen LogP contribution in [0.3, 0.4) is 0 Å². The number of hydrogen-bond acceptors (Lipinski definition) is 4. The number of carbonyl (C=O) groups excluding carboxylic acids is 2. The van der Waals surface area contributed by atoms with Crippen molar-refractivity contribution in [1.29, 1.82) is 0 Å². The Morgan fingerprint density at radius 2 is 1.97 bits per heavy atom. The fourth-order valence-electron chi connectivity index (χ4n) is 4.47. The minimum atomic E-state index is -4.88. The summed E-state index contributed by atoms with van der Waals surface area (Å²) in [6, 6.07) is 1.03. The Bertz CT molecular complexity index is 948. The molecule has 2 amide bonds. The van der Waals surface area contributed by atoms with E-state index in [1.165, 1.54) is 13.8 Å². The molecule has 2 aliphatic heterocycles. The van der Waals surface area contributed by atoms with E-state index in [-0.39, 0.29) is 18.6 Å². The van der Waals surface area contributed by atoms with E-state index in [9.17, 15) is 31.5 Å². The van der Waals surface area contributed by atoms with Crippen molar-refractivity contribution in [2.24, 2.45) is 11.8 Å². The standard InChI is InChI=1S/C22H26F5N3O3/c1-4-33-21-17-15(7-8-28-21)30-20(32)16(18(17)22(25,26)27)10(2)19(31)29-11(3)13-6-5-12(23)9-14(13)24/h5-6,9-11,15,17,21,28H,4,7-8H2,1-3H3,(H,29,31)(H,30,32)/t10-,11-,15?,17?,21?/m0/s1. The predicted molar refractivity (Wildman–Crippen MR) is 109 cm³/mol. The van der Waals surface area contributed by atoms with Gasteiger partial charge in [0.15, 0.2) is 0 Å². The van der Waals surface area contributed by atoms with E-state index in [2.05, 4.69) is 16.0 Å². The first-order valence-corrected chi connectivity index (χ1v) is 10.7. The third-order valence-electron chi connectivity index (χ3n) is 6.01. The molecule has 1 aromatic carbocycles. The lowest BCUT2D eigenvalue weighted by Gasteiger charge is -2.44. The number of hydrogen-bond donors (Lipinski definition) is 3. The molecule has 0 radical (unpaired) electrons. The summed E-state index contributed by atoms with van der Waals surface area (Å²) in [7, 11) is 0. The molecule has 11 heteroatoms. The second-order valence-corrected chi connectivity index (χ2v) is 8.17. The van der Waals surface area contributed by atoms with Crippen molar-refractivity contribution < 1.29 is 36.3 Å². The highest BCUT2D eigenvalue weighted by atomic mass is 19.4. The van der Waals surface area contributed by atoms with Gasteiger partial charge in [0.05, 0.1) is 17.5 Å². The van der Waals surface area contributed by atoms with Crippen LogP contribution in [-0.2, 0) is 14.3 Å². The zero-order valence-electron chi connectivity index (χ0n) is 18.4. The van der Waals surface area contributed by atoms with Crippen LogP contribution < -0.4 is 16.0 Å². The second-order valence-electron chi connectivity index (χ2n) is 8.17. The zero-order valence-corrected chi connectivity index (χ0v) is 18.4. The maximum Gasteiger partial charge on any atom is 0.413 e. The Morgan fingerprint density at radius 1 is 1.27 bits per heavy atom. The van der Waals surface area contributed by atoms with Gasteiger partial charge in [-0.2, -0.15) is 13.2 Å². The van der Waals surface area contributed by atoms with Crippen LogP contribution in [0.1, 0.15) is 38.8 Å². The first-order valence-electron chi connectivity index (χ1n) is 10.7. The van der Waals surface area contributed by atoms with Gasteiger partial charge >= 0.3 is 6.18 Å². The highest BCUT2D eigenvalue weighted by Crippen LogP contribution is 2.43. The van der Waals surface area contributed by atoms with Crippen LogP contribution in [0.25, 0.3) is 0 Å². The minimum Gasteiger partial charge on any atom is -0.363 e. The first-order chi connectivity index (χ1) is 15.5. The van der Waals surface area contributed by atoms with E-state index >= 15 is 0 Å². The number of alkyl halides is 3. The van der Waals surface area contributed by atoms with E-state index in [4.69, 9.17) is 4.74 Å². The maximum atomic E-state index is 14.3. The average Bonchev–Trinajstić information content (AvgIpc) is 2.71.